The lowest BCUT2D eigenvalue weighted by Gasteiger charge is -2.14. The smallest absolute Gasteiger partial charge is 0.326 e. The summed E-state index contributed by atoms with van der Waals surface area (Å²) in [6.07, 6.45) is 3.44. The second-order valence-electron chi connectivity index (χ2n) is 5.05. The first-order valence-corrected chi connectivity index (χ1v) is 6.95. The Labute approximate surface area is 126 Å². The summed E-state index contributed by atoms with van der Waals surface area (Å²) >= 11 is 5.90. The summed E-state index contributed by atoms with van der Waals surface area (Å²) in [5, 5.41) is 11.9. The van der Waals surface area contributed by atoms with Crippen LogP contribution in [0.1, 0.15) is 42.2 Å². The predicted octanol–water partition coefficient (Wildman–Crippen LogP) is 0.925. The summed E-state index contributed by atoms with van der Waals surface area (Å²) in [5.74, 6) is -2.34. The summed E-state index contributed by atoms with van der Waals surface area (Å²) in [7, 11) is 0. The van der Waals surface area contributed by atoms with Gasteiger partial charge in [0.2, 0.25) is 5.91 Å². The molecule has 1 aliphatic carbocycles. The minimum absolute atomic E-state index is 0.0473. The van der Waals surface area contributed by atoms with Crippen molar-refractivity contribution in [3.63, 3.8) is 0 Å². The van der Waals surface area contributed by atoms with E-state index in [1.54, 1.807) is 10.8 Å². The Bertz CT molecular complexity index is 580. The second kappa shape index (κ2) is 6.17. The number of carboxylic acid groups (broad SMARTS) is 1. The number of halogens is 1. The molecule has 1 aromatic rings. The molecule has 2 rings (SSSR count). The molecule has 1 saturated carbocycles. The first kappa shape index (κ1) is 15.4. The molecule has 1 aliphatic rings. The number of nitrogens with one attached hydrogen (secondary N) is 1. The molecule has 8 heteroatoms. The molecule has 0 spiro atoms. The van der Waals surface area contributed by atoms with Crippen molar-refractivity contribution in [3.8, 4) is 0 Å². The zero-order chi connectivity index (χ0) is 15.6. The first-order chi connectivity index (χ1) is 9.88. The number of carboxylic acids is 1. The van der Waals surface area contributed by atoms with Crippen molar-refractivity contribution in [1.82, 2.24) is 9.88 Å². The molecule has 0 bridgehead atoms. The van der Waals surface area contributed by atoms with Gasteiger partial charge in [-0.2, -0.15) is 0 Å². The molecule has 114 valence electrons. The van der Waals surface area contributed by atoms with Crippen molar-refractivity contribution in [2.24, 2.45) is 5.73 Å². The fourth-order valence-electron chi connectivity index (χ4n) is 2.06. The molecule has 2 amide bonds. The Balaban J connectivity index is 2.08. The summed E-state index contributed by atoms with van der Waals surface area (Å²) in [4.78, 5) is 34.0. The highest BCUT2D eigenvalue weighted by Gasteiger charge is 2.29. The van der Waals surface area contributed by atoms with Crippen LogP contribution in [0.4, 0.5) is 0 Å². The maximum atomic E-state index is 12.2. The summed E-state index contributed by atoms with van der Waals surface area (Å²) < 4.78 is 1.75. The zero-order valence-electron chi connectivity index (χ0n) is 11.2. The number of hydrogen-bond donors (Lipinski definition) is 3. The van der Waals surface area contributed by atoms with E-state index >= 15 is 0 Å². The third kappa shape index (κ3) is 3.98. The molecule has 4 N–H and O–H groups in total. The lowest BCUT2D eigenvalue weighted by molar-refractivity contribution is -0.139. The van der Waals surface area contributed by atoms with Crippen LogP contribution in [-0.2, 0) is 9.59 Å². The first-order valence-electron chi connectivity index (χ1n) is 6.58. The van der Waals surface area contributed by atoms with Gasteiger partial charge >= 0.3 is 5.97 Å². The summed E-state index contributed by atoms with van der Waals surface area (Å²) in [6.45, 7) is 0. The van der Waals surface area contributed by atoms with E-state index < -0.39 is 23.8 Å². The number of rotatable bonds is 7. The molecule has 7 nitrogen and oxygen atoms in total. The van der Waals surface area contributed by atoms with Gasteiger partial charge < -0.3 is 20.7 Å². The number of nitrogens with zero attached hydrogens (tertiary/aromatic N) is 1. The number of primary amides is 1. The van der Waals surface area contributed by atoms with Crippen molar-refractivity contribution >= 4 is 29.4 Å². The molecule has 1 aromatic heterocycles. The summed E-state index contributed by atoms with van der Waals surface area (Å²) in [6, 6.07) is 0.584. The van der Waals surface area contributed by atoms with E-state index in [4.69, 9.17) is 22.4 Å². The Morgan fingerprint density at radius 1 is 1.48 bits per heavy atom. The third-order valence-corrected chi connectivity index (χ3v) is 3.48. The van der Waals surface area contributed by atoms with Gasteiger partial charge in [-0.05, 0) is 25.3 Å². The normalized spacial score (nSPS) is 15.5. The number of amides is 2. The van der Waals surface area contributed by atoms with E-state index in [1.165, 1.54) is 6.07 Å². The Morgan fingerprint density at radius 2 is 2.14 bits per heavy atom. The fraction of sp³-hybridized carbons (Fsp3) is 0.462. The molecular formula is C13H16ClN3O4. The van der Waals surface area contributed by atoms with Crippen molar-refractivity contribution in [1.29, 1.82) is 0 Å². The standard InChI is InChI=1S/C13H16ClN3O4/c14-7-5-10(17(6-7)8-1-2-8)12(19)16-9(13(20)21)3-4-11(15)18/h5-6,8-9H,1-4H2,(H2,15,18)(H,16,19)(H,20,21)/t9-/m0/s1. The molecule has 0 radical (unpaired) electrons. The highest BCUT2D eigenvalue weighted by molar-refractivity contribution is 6.31. The van der Waals surface area contributed by atoms with Gasteiger partial charge in [0.1, 0.15) is 11.7 Å². The number of nitrogens with two attached hydrogens (primary N) is 1. The Hall–Kier alpha value is -2.02. The monoisotopic (exact) mass is 313 g/mol. The molecular weight excluding hydrogens is 298 g/mol. The molecule has 0 unspecified atom stereocenters. The van der Waals surface area contributed by atoms with E-state index in [1.807, 2.05) is 0 Å². The van der Waals surface area contributed by atoms with Crippen LogP contribution in [0, 0.1) is 0 Å². The number of hydrogen-bond acceptors (Lipinski definition) is 3. The zero-order valence-corrected chi connectivity index (χ0v) is 12.0. The van der Waals surface area contributed by atoms with Gasteiger partial charge in [-0.1, -0.05) is 11.6 Å². The number of carbonyl (C=O) groups excluding carboxylic acids is 2. The van der Waals surface area contributed by atoms with Gasteiger partial charge in [-0.25, -0.2) is 4.79 Å². The minimum Gasteiger partial charge on any atom is -0.480 e. The third-order valence-electron chi connectivity index (χ3n) is 3.27. The van der Waals surface area contributed by atoms with Gasteiger partial charge in [0.05, 0.1) is 5.02 Å². The average molecular weight is 314 g/mol. The van der Waals surface area contributed by atoms with Crippen LogP contribution in [0.15, 0.2) is 12.3 Å². The number of aromatic nitrogens is 1. The van der Waals surface area contributed by atoms with Gasteiger partial charge in [-0.3, -0.25) is 9.59 Å². The topological polar surface area (TPSA) is 114 Å². The number of carbonyl (C=O) groups is 3. The maximum absolute atomic E-state index is 12.2. The molecule has 1 fully saturated rings. The fourth-order valence-corrected chi connectivity index (χ4v) is 2.27. The SMILES string of the molecule is NC(=O)CC[C@H](NC(=O)c1cc(Cl)cn1C1CC1)C(=O)O. The highest BCUT2D eigenvalue weighted by atomic mass is 35.5. The van der Waals surface area contributed by atoms with Crippen molar-refractivity contribution in [2.45, 2.75) is 37.8 Å². The van der Waals surface area contributed by atoms with Gasteiger partial charge in [-0.15, -0.1) is 0 Å². The quantitative estimate of drug-likeness (QED) is 0.694. The molecule has 0 aliphatic heterocycles. The van der Waals surface area contributed by atoms with Crippen LogP contribution >= 0.6 is 11.6 Å². The van der Waals surface area contributed by atoms with Crippen LogP contribution in [0.2, 0.25) is 5.02 Å². The van der Waals surface area contributed by atoms with Crippen LogP contribution in [0.5, 0.6) is 0 Å². The minimum atomic E-state index is -1.21. The maximum Gasteiger partial charge on any atom is 0.326 e. The van der Waals surface area contributed by atoms with E-state index in [0.717, 1.165) is 12.8 Å². The number of aliphatic carboxylic acids is 1. The lowest BCUT2D eigenvalue weighted by Crippen LogP contribution is -2.42. The van der Waals surface area contributed by atoms with E-state index in [-0.39, 0.29) is 18.9 Å². The predicted molar refractivity (Wildman–Crippen MR) is 75.0 cm³/mol. The van der Waals surface area contributed by atoms with E-state index in [9.17, 15) is 14.4 Å². The molecule has 0 saturated heterocycles. The van der Waals surface area contributed by atoms with Crippen LogP contribution < -0.4 is 11.1 Å². The van der Waals surface area contributed by atoms with Gasteiger partial charge in [0.25, 0.3) is 5.91 Å². The lowest BCUT2D eigenvalue weighted by atomic mass is 10.1. The molecule has 0 aromatic carbocycles. The molecule has 1 heterocycles. The second-order valence-corrected chi connectivity index (χ2v) is 5.49. The van der Waals surface area contributed by atoms with Crippen molar-refractivity contribution < 1.29 is 19.5 Å². The van der Waals surface area contributed by atoms with Crippen molar-refractivity contribution in [3.05, 3.63) is 23.0 Å². The largest absolute Gasteiger partial charge is 0.480 e. The van der Waals surface area contributed by atoms with E-state index in [2.05, 4.69) is 5.32 Å². The van der Waals surface area contributed by atoms with Crippen LogP contribution in [-0.4, -0.2) is 33.5 Å². The van der Waals surface area contributed by atoms with E-state index in [0.29, 0.717) is 10.7 Å². The Kier molecular flexibility index (Phi) is 4.52. The average Bonchev–Trinajstić information content (AvgIpc) is 3.16. The van der Waals surface area contributed by atoms with Gasteiger partial charge in [0.15, 0.2) is 0 Å². The van der Waals surface area contributed by atoms with Gasteiger partial charge in [0, 0.05) is 18.7 Å². The molecule has 21 heavy (non-hydrogen) atoms. The van der Waals surface area contributed by atoms with Crippen LogP contribution in [0.3, 0.4) is 0 Å². The highest BCUT2D eigenvalue weighted by Crippen LogP contribution is 2.37. The van der Waals surface area contributed by atoms with Crippen LogP contribution in [0.25, 0.3) is 0 Å². The van der Waals surface area contributed by atoms with Crippen molar-refractivity contribution in [2.75, 3.05) is 0 Å². The summed E-state index contributed by atoms with van der Waals surface area (Å²) in [5.41, 5.74) is 5.32. The Morgan fingerprint density at radius 3 is 2.67 bits per heavy atom. The molecule has 1 atom stereocenters.